The van der Waals surface area contributed by atoms with Gasteiger partial charge in [-0.25, -0.2) is 9.97 Å². The van der Waals surface area contributed by atoms with Crippen molar-refractivity contribution < 1.29 is 0 Å². The van der Waals surface area contributed by atoms with Crippen molar-refractivity contribution in [2.45, 2.75) is 33.1 Å². The Kier molecular flexibility index (Phi) is 5.53. The topological polar surface area (TPSA) is 37.8 Å². The van der Waals surface area contributed by atoms with Gasteiger partial charge in [-0.1, -0.05) is 48.0 Å². The summed E-state index contributed by atoms with van der Waals surface area (Å²) in [5, 5.41) is 3.35. The van der Waals surface area contributed by atoms with Gasteiger partial charge in [-0.05, 0) is 24.5 Å². The predicted octanol–water partition coefficient (Wildman–Crippen LogP) is 4.21. The van der Waals surface area contributed by atoms with E-state index in [0.29, 0.717) is 0 Å². The second-order valence-corrected chi connectivity index (χ2v) is 5.56. The van der Waals surface area contributed by atoms with Crippen molar-refractivity contribution in [3.63, 3.8) is 0 Å². The molecule has 0 atom stereocenters. The molecule has 1 heterocycles. The van der Waals surface area contributed by atoms with Gasteiger partial charge in [0.1, 0.15) is 11.6 Å². The zero-order valence-electron chi connectivity index (χ0n) is 12.0. The fourth-order valence-electron chi connectivity index (χ4n) is 1.97. The zero-order valence-corrected chi connectivity index (χ0v) is 13.6. The van der Waals surface area contributed by atoms with Crippen molar-refractivity contribution in [3.05, 3.63) is 51.9 Å². The van der Waals surface area contributed by atoms with Crippen LogP contribution in [-0.2, 0) is 12.8 Å². The Hall–Kier alpha value is -1.42. The molecule has 0 spiro atoms. The summed E-state index contributed by atoms with van der Waals surface area (Å²) in [5.74, 6) is 1.80. The molecule has 1 N–H and O–H groups in total. The van der Waals surface area contributed by atoms with Crippen LogP contribution in [-0.4, -0.2) is 16.5 Å². The number of hydrogen-bond acceptors (Lipinski definition) is 3. The molecule has 2 rings (SSSR count). The first-order valence-electron chi connectivity index (χ1n) is 7.07. The van der Waals surface area contributed by atoms with Gasteiger partial charge in [0.05, 0.1) is 0 Å². The van der Waals surface area contributed by atoms with Crippen LogP contribution in [0.3, 0.4) is 0 Å². The van der Waals surface area contributed by atoms with Gasteiger partial charge in [-0.3, -0.25) is 0 Å². The van der Waals surface area contributed by atoms with Crippen molar-refractivity contribution in [1.82, 2.24) is 9.97 Å². The molecule has 1 aromatic carbocycles. The molecule has 2 aromatic rings. The summed E-state index contributed by atoms with van der Waals surface area (Å²) in [7, 11) is 0. The summed E-state index contributed by atoms with van der Waals surface area (Å²) in [6.45, 7) is 5.21. The molecule has 0 bridgehead atoms. The molecular weight excluding hydrogens is 314 g/mol. The first-order chi connectivity index (χ1) is 9.72. The lowest BCUT2D eigenvalue weighted by Crippen LogP contribution is -2.07. The molecule has 0 amide bonds. The lowest BCUT2D eigenvalue weighted by Gasteiger charge is -2.09. The molecular formula is C16H20BrN3. The molecule has 0 saturated heterocycles. The van der Waals surface area contributed by atoms with Crippen LogP contribution >= 0.6 is 15.9 Å². The Balaban J connectivity index is 2.24. The van der Waals surface area contributed by atoms with E-state index in [1.807, 2.05) is 18.2 Å². The highest BCUT2D eigenvalue weighted by Gasteiger charge is 2.06. The molecule has 0 fully saturated rings. The molecule has 0 unspecified atom stereocenters. The molecule has 106 valence electrons. The van der Waals surface area contributed by atoms with E-state index in [4.69, 9.17) is 0 Å². The standard InChI is InChI=1S/C16H20BrN3/c1-3-9-18-15-11-13(4-2)19-16(20-15)10-12-7-5-6-8-14(12)17/h5-8,11H,3-4,9-10H2,1-2H3,(H,18,19,20). The van der Waals surface area contributed by atoms with Crippen LogP contribution in [0.1, 0.15) is 37.4 Å². The maximum atomic E-state index is 4.62. The van der Waals surface area contributed by atoms with Crippen LogP contribution in [0, 0.1) is 0 Å². The number of rotatable bonds is 6. The van der Waals surface area contributed by atoms with E-state index in [0.717, 1.165) is 47.6 Å². The van der Waals surface area contributed by atoms with E-state index in [1.165, 1.54) is 5.56 Å². The average molecular weight is 334 g/mol. The second-order valence-electron chi connectivity index (χ2n) is 4.71. The Morgan fingerprint density at radius 2 is 1.95 bits per heavy atom. The highest BCUT2D eigenvalue weighted by Crippen LogP contribution is 2.19. The summed E-state index contributed by atoms with van der Waals surface area (Å²) in [5.41, 5.74) is 2.29. The summed E-state index contributed by atoms with van der Waals surface area (Å²) < 4.78 is 1.11. The minimum absolute atomic E-state index is 0.746. The maximum absolute atomic E-state index is 4.62. The molecule has 0 radical (unpaired) electrons. The SMILES string of the molecule is CCCNc1cc(CC)nc(Cc2ccccc2Br)n1. The third-order valence-electron chi connectivity index (χ3n) is 3.05. The van der Waals surface area contributed by atoms with Crippen LogP contribution in [0.2, 0.25) is 0 Å². The van der Waals surface area contributed by atoms with Gasteiger partial charge in [-0.15, -0.1) is 0 Å². The monoisotopic (exact) mass is 333 g/mol. The van der Waals surface area contributed by atoms with Crippen molar-refractivity contribution >= 4 is 21.7 Å². The molecule has 1 aromatic heterocycles. The third-order valence-corrected chi connectivity index (χ3v) is 3.82. The fourth-order valence-corrected chi connectivity index (χ4v) is 2.39. The normalized spacial score (nSPS) is 10.6. The predicted molar refractivity (Wildman–Crippen MR) is 87.1 cm³/mol. The first-order valence-corrected chi connectivity index (χ1v) is 7.86. The van der Waals surface area contributed by atoms with Gasteiger partial charge in [0, 0.05) is 29.2 Å². The number of halogens is 1. The van der Waals surface area contributed by atoms with E-state index in [9.17, 15) is 0 Å². The number of aromatic nitrogens is 2. The molecule has 0 aliphatic carbocycles. The number of hydrogen-bond donors (Lipinski definition) is 1. The summed E-state index contributed by atoms with van der Waals surface area (Å²) in [6, 6.07) is 10.3. The van der Waals surface area contributed by atoms with Gasteiger partial charge < -0.3 is 5.32 Å². The highest BCUT2D eigenvalue weighted by atomic mass is 79.9. The lowest BCUT2D eigenvalue weighted by molar-refractivity contribution is 0.891. The van der Waals surface area contributed by atoms with E-state index in [2.05, 4.69) is 57.2 Å². The van der Waals surface area contributed by atoms with E-state index < -0.39 is 0 Å². The summed E-state index contributed by atoms with van der Waals surface area (Å²) >= 11 is 3.58. The van der Waals surface area contributed by atoms with Crippen molar-refractivity contribution in [2.75, 3.05) is 11.9 Å². The molecule has 4 heteroatoms. The van der Waals surface area contributed by atoms with Crippen molar-refractivity contribution in [3.8, 4) is 0 Å². The highest BCUT2D eigenvalue weighted by molar-refractivity contribution is 9.10. The third kappa shape index (κ3) is 4.04. The zero-order chi connectivity index (χ0) is 14.4. The first kappa shape index (κ1) is 15.0. The lowest BCUT2D eigenvalue weighted by atomic mass is 10.1. The number of anilines is 1. The van der Waals surface area contributed by atoms with Crippen LogP contribution in [0.5, 0.6) is 0 Å². The molecule has 0 aliphatic heterocycles. The number of aryl methyl sites for hydroxylation is 1. The maximum Gasteiger partial charge on any atom is 0.135 e. The van der Waals surface area contributed by atoms with Gasteiger partial charge in [-0.2, -0.15) is 0 Å². The number of nitrogens with one attached hydrogen (secondary N) is 1. The van der Waals surface area contributed by atoms with Crippen molar-refractivity contribution in [2.24, 2.45) is 0 Å². The molecule has 20 heavy (non-hydrogen) atoms. The summed E-state index contributed by atoms with van der Waals surface area (Å²) in [4.78, 5) is 9.24. The molecule has 0 saturated carbocycles. The van der Waals surface area contributed by atoms with Crippen LogP contribution in [0.4, 0.5) is 5.82 Å². The Bertz CT molecular complexity index is 569. The summed E-state index contributed by atoms with van der Waals surface area (Å²) in [6.07, 6.45) is 2.76. The van der Waals surface area contributed by atoms with Crippen LogP contribution in [0.15, 0.2) is 34.8 Å². The largest absolute Gasteiger partial charge is 0.370 e. The minimum atomic E-state index is 0.746. The smallest absolute Gasteiger partial charge is 0.135 e. The van der Waals surface area contributed by atoms with Crippen LogP contribution in [0.25, 0.3) is 0 Å². The van der Waals surface area contributed by atoms with E-state index in [-0.39, 0.29) is 0 Å². The quantitative estimate of drug-likeness (QED) is 0.860. The van der Waals surface area contributed by atoms with Gasteiger partial charge in [0.15, 0.2) is 0 Å². The van der Waals surface area contributed by atoms with Crippen LogP contribution < -0.4 is 5.32 Å². The Morgan fingerprint density at radius 3 is 2.65 bits per heavy atom. The van der Waals surface area contributed by atoms with E-state index in [1.54, 1.807) is 0 Å². The van der Waals surface area contributed by atoms with Gasteiger partial charge in [0.2, 0.25) is 0 Å². The number of benzene rings is 1. The average Bonchev–Trinajstić information content (AvgIpc) is 2.47. The number of nitrogens with zero attached hydrogens (tertiary/aromatic N) is 2. The molecule has 0 aliphatic rings. The van der Waals surface area contributed by atoms with Crippen molar-refractivity contribution in [1.29, 1.82) is 0 Å². The van der Waals surface area contributed by atoms with E-state index >= 15 is 0 Å². The second kappa shape index (κ2) is 7.39. The van der Waals surface area contributed by atoms with Gasteiger partial charge in [0.25, 0.3) is 0 Å². The fraction of sp³-hybridized carbons (Fsp3) is 0.375. The van der Waals surface area contributed by atoms with Gasteiger partial charge >= 0.3 is 0 Å². The minimum Gasteiger partial charge on any atom is -0.370 e. The Labute approximate surface area is 129 Å². The Morgan fingerprint density at radius 1 is 1.15 bits per heavy atom. The molecule has 3 nitrogen and oxygen atoms in total.